The van der Waals surface area contributed by atoms with E-state index in [1.54, 1.807) is 18.4 Å². The predicted molar refractivity (Wildman–Crippen MR) is 79.8 cm³/mol. The van der Waals surface area contributed by atoms with Gasteiger partial charge in [-0.25, -0.2) is 0 Å². The number of halogens is 1. The van der Waals surface area contributed by atoms with Gasteiger partial charge in [0.2, 0.25) is 0 Å². The maximum atomic E-state index is 11.3. The number of aryl methyl sites for hydroxylation is 1. The van der Waals surface area contributed by atoms with Gasteiger partial charge in [0.05, 0.1) is 9.04 Å². The number of nitrogens with one attached hydrogen (secondary N) is 1. The van der Waals surface area contributed by atoms with Crippen LogP contribution in [-0.4, -0.2) is 21.3 Å². The Bertz CT molecular complexity index is 693. The van der Waals surface area contributed by atoms with E-state index < -0.39 is 11.1 Å². The molecule has 102 valence electrons. The average Bonchev–Trinajstić information content (AvgIpc) is 2.78. The van der Waals surface area contributed by atoms with Crippen molar-refractivity contribution >= 4 is 39.0 Å². The van der Waals surface area contributed by atoms with Gasteiger partial charge in [0.15, 0.2) is 5.16 Å². The standard InChI is InChI=1S/C10H11BrN4O2S2/c1-15-10(13-8(16)9(17)14-15)19-6(4-12)5-2-3-7(11)18-5/h2-3,6H,4,12H2,1H3,(H,14,17). The second-order valence-electron chi connectivity index (χ2n) is 3.68. The number of aromatic amines is 1. The van der Waals surface area contributed by atoms with E-state index in [1.165, 1.54) is 16.4 Å². The number of H-pyrrole nitrogens is 1. The van der Waals surface area contributed by atoms with Crippen molar-refractivity contribution < 1.29 is 0 Å². The van der Waals surface area contributed by atoms with Gasteiger partial charge in [0, 0.05) is 18.5 Å². The lowest BCUT2D eigenvalue weighted by molar-refractivity contribution is 0.595. The van der Waals surface area contributed by atoms with Crippen LogP contribution in [0.5, 0.6) is 0 Å². The molecule has 3 N–H and O–H groups in total. The zero-order chi connectivity index (χ0) is 14.0. The molecule has 0 aromatic carbocycles. The minimum atomic E-state index is -0.788. The Balaban J connectivity index is 2.31. The van der Waals surface area contributed by atoms with E-state index in [-0.39, 0.29) is 5.25 Å². The van der Waals surface area contributed by atoms with E-state index in [2.05, 4.69) is 26.0 Å². The smallest absolute Gasteiger partial charge is 0.329 e. The van der Waals surface area contributed by atoms with E-state index in [9.17, 15) is 9.59 Å². The second-order valence-corrected chi connectivity index (χ2v) is 7.35. The molecule has 6 nitrogen and oxygen atoms in total. The average molecular weight is 363 g/mol. The summed E-state index contributed by atoms with van der Waals surface area (Å²) < 4.78 is 2.45. The maximum absolute atomic E-state index is 11.3. The number of aromatic nitrogens is 3. The molecule has 2 aromatic rings. The third-order valence-corrected chi connectivity index (χ3v) is 5.51. The van der Waals surface area contributed by atoms with Crippen LogP contribution in [0.3, 0.4) is 0 Å². The summed E-state index contributed by atoms with van der Waals surface area (Å²) >= 11 is 6.33. The van der Waals surface area contributed by atoms with E-state index >= 15 is 0 Å². The molecular weight excluding hydrogens is 352 g/mol. The largest absolute Gasteiger partial charge is 0.339 e. The van der Waals surface area contributed by atoms with Crippen LogP contribution in [0.25, 0.3) is 0 Å². The number of thioether (sulfide) groups is 1. The first-order valence-corrected chi connectivity index (χ1v) is 7.79. The summed E-state index contributed by atoms with van der Waals surface area (Å²) in [5, 5.41) is 2.83. The first-order valence-electron chi connectivity index (χ1n) is 5.30. The normalized spacial score (nSPS) is 12.6. The number of hydrogen-bond acceptors (Lipinski definition) is 6. The van der Waals surface area contributed by atoms with E-state index in [4.69, 9.17) is 5.73 Å². The molecule has 0 aliphatic heterocycles. The summed E-state index contributed by atoms with van der Waals surface area (Å²) in [6, 6.07) is 3.92. The zero-order valence-electron chi connectivity index (χ0n) is 9.92. The van der Waals surface area contributed by atoms with Gasteiger partial charge < -0.3 is 5.73 Å². The molecule has 0 aliphatic rings. The third kappa shape index (κ3) is 3.35. The van der Waals surface area contributed by atoms with E-state index in [0.29, 0.717) is 11.7 Å². The lowest BCUT2D eigenvalue weighted by atomic mass is 10.3. The Hall–Kier alpha value is -0.900. The van der Waals surface area contributed by atoms with E-state index in [1.807, 2.05) is 12.1 Å². The van der Waals surface area contributed by atoms with Crippen LogP contribution in [0, 0.1) is 0 Å². The Morgan fingerprint density at radius 1 is 1.58 bits per heavy atom. The molecular formula is C10H11BrN4O2S2. The van der Waals surface area contributed by atoms with Crippen molar-refractivity contribution in [1.82, 2.24) is 14.8 Å². The summed E-state index contributed by atoms with van der Waals surface area (Å²) in [5.74, 6) is 0. The van der Waals surface area contributed by atoms with Crippen molar-refractivity contribution in [1.29, 1.82) is 0 Å². The molecule has 2 rings (SSSR count). The maximum Gasteiger partial charge on any atom is 0.339 e. The Kier molecular flexibility index (Phi) is 4.61. The first kappa shape index (κ1) is 14.5. The van der Waals surface area contributed by atoms with Gasteiger partial charge in [0.1, 0.15) is 0 Å². The van der Waals surface area contributed by atoms with Crippen molar-refractivity contribution in [3.05, 3.63) is 41.5 Å². The van der Waals surface area contributed by atoms with Gasteiger partial charge >= 0.3 is 11.1 Å². The van der Waals surface area contributed by atoms with Crippen molar-refractivity contribution in [3.63, 3.8) is 0 Å². The van der Waals surface area contributed by atoms with Crippen molar-refractivity contribution in [3.8, 4) is 0 Å². The number of hydrogen-bond donors (Lipinski definition) is 2. The summed E-state index contributed by atoms with van der Waals surface area (Å²) in [4.78, 5) is 27.3. The fourth-order valence-electron chi connectivity index (χ4n) is 1.42. The monoisotopic (exact) mass is 362 g/mol. The topological polar surface area (TPSA) is 93.8 Å². The van der Waals surface area contributed by atoms with Gasteiger partial charge in [-0.15, -0.1) is 11.3 Å². The van der Waals surface area contributed by atoms with Crippen LogP contribution in [0.1, 0.15) is 10.1 Å². The predicted octanol–water partition coefficient (Wildman–Crippen LogP) is 1.08. The van der Waals surface area contributed by atoms with Gasteiger partial charge in [0.25, 0.3) is 0 Å². The van der Waals surface area contributed by atoms with Crippen LogP contribution in [0.2, 0.25) is 0 Å². The van der Waals surface area contributed by atoms with Gasteiger partial charge in [-0.1, -0.05) is 11.8 Å². The van der Waals surface area contributed by atoms with Crippen molar-refractivity contribution in [2.24, 2.45) is 12.8 Å². The molecule has 19 heavy (non-hydrogen) atoms. The highest BCUT2D eigenvalue weighted by atomic mass is 79.9. The highest BCUT2D eigenvalue weighted by Gasteiger charge is 2.16. The fraction of sp³-hybridized carbons (Fsp3) is 0.300. The highest BCUT2D eigenvalue weighted by molar-refractivity contribution is 9.11. The Morgan fingerprint density at radius 2 is 2.32 bits per heavy atom. The lowest BCUT2D eigenvalue weighted by Gasteiger charge is -2.13. The number of nitrogens with two attached hydrogens (primary N) is 1. The molecule has 0 spiro atoms. The number of nitrogens with zero attached hydrogens (tertiary/aromatic N) is 2. The van der Waals surface area contributed by atoms with Crippen LogP contribution in [0.4, 0.5) is 0 Å². The van der Waals surface area contributed by atoms with Crippen LogP contribution in [0.15, 0.2) is 30.7 Å². The van der Waals surface area contributed by atoms with Gasteiger partial charge in [-0.3, -0.25) is 19.4 Å². The number of thiophene rings is 1. The summed E-state index contributed by atoms with van der Waals surface area (Å²) in [6.07, 6.45) is 0. The summed E-state index contributed by atoms with van der Waals surface area (Å²) in [7, 11) is 1.63. The molecule has 0 saturated carbocycles. The minimum absolute atomic E-state index is 0.0136. The minimum Gasteiger partial charge on any atom is -0.329 e. The molecule has 0 amide bonds. The SMILES string of the molecule is Cn1[nH]c(=O)c(=O)nc1SC(CN)c1ccc(Br)s1. The molecule has 0 bridgehead atoms. The summed E-state index contributed by atoms with van der Waals surface area (Å²) in [6.45, 7) is 0.409. The van der Waals surface area contributed by atoms with E-state index in [0.717, 1.165) is 8.66 Å². The Morgan fingerprint density at radius 3 is 2.89 bits per heavy atom. The van der Waals surface area contributed by atoms with Crippen LogP contribution < -0.4 is 16.9 Å². The first-order chi connectivity index (χ1) is 9.01. The molecule has 1 atom stereocenters. The molecule has 2 heterocycles. The van der Waals surface area contributed by atoms with Gasteiger partial charge in [-0.05, 0) is 28.1 Å². The second kappa shape index (κ2) is 6.04. The van der Waals surface area contributed by atoms with Crippen molar-refractivity contribution in [2.75, 3.05) is 6.54 Å². The highest BCUT2D eigenvalue weighted by Crippen LogP contribution is 2.37. The molecule has 0 aliphatic carbocycles. The molecule has 1 unspecified atom stereocenters. The molecule has 2 aromatic heterocycles. The Labute approximate surface area is 125 Å². The molecule has 0 fully saturated rings. The van der Waals surface area contributed by atoms with Crippen molar-refractivity contribution in [2.45, 2.75) is 10.4 Å². The fourth-order valence-corrected chi connectivity index (χ4v) is 4.01. The molecule has 0 saturated heterocycles. The van der Waals surface area contributed by atoms with Gasteiger partial charge in [-0.2, -0.15) is 4.98 Å². The van der Waals surface area contributed by atoms with Crippen LogP contribution in [-0.2, 0) is 7.05 Å². The lowest BCUT2D eigenvalue weighted by Crippen LogP contribution is -2.34. The molecule has 0 radical (unpaired) electrons. The molecule has 9 heteroatoms. The number of rotatable bonds is 4. The quantitative estimate of drug-likeness (QED) is 0.626. The third-order valence-electron chi connectivity index (χ3n) is 2.32. The summed E-state index contributed by atoms with van der Waals surface area (Å²) in [5.41, 5.74) is 4.25. The van der Waals surface area contributed by atoms with Crippen LogP contribution >= 0.6 is 39.0 Å². The zero-order valence-corrected chi connectivity index (χ0v) is 13.1.